The first-order valence-corrected chi connectivity index (χ1v) is 8.74. The van der Waals surface area contributed by atoms with Crippen LogP contribution in [0.15, 0.2) is 41.4 Å². The van der Waals surface area contributed by atoms with Crippen molar-refractivity contribution in [1.29, 1.82) is 0 Å². The van der Waals surface area contributed by atoms with Crippen LogP contribution in [0.3, 0.4) is 0 Å². The Morgan fingerprint density at radius 1 is 1.27 bits per heavy atom. The van der Waals surface area contributed by atoms with Gasteiger partial charge < -0.3 is 5.32 Å². The average molecular weight is 315 g/mol. The second kappa shape index (κ2) is 7.01. The van der Waals surface area contributed by atoms with E-state index in [1.807, 2.05) is 10.7 Å². The van der Waals surface area contributed by atoms with Gasteiger partial charge in [-0.1, -0.05) is 30.5 Å². The number of hydrogen-bond acceptors (Lipinski definition) is 3. The van der Waals surface area contributed by atoms with Crippen molar-refractivity contribution in [3.8, 4) is 0 Å². The topological polar surface area (TPSA) is 46.9 Å². The molecular weight excluding hydrogens is 294 g/mol. The molecule has 0 saturated heterocycles. The second-order valence-electron chi connectivity index (χ2n) is 5.75. The van der Waals surface area contributed by atoms with Crippen molar-refractivity contribution in [2.24, 2.45) is 0 Å². The highest BCUT2D eigenvalue weighted by molar-refractivity contribution is 8.00. The Hall–Kier alpha value is -1.75. The van der Waals surface area contributed by atoms with Crippen molar-refractivity contribution in [2.45, 2.75) is 43.5 Å². The van der Waals surface area contributed by atoms with Crippen LogP contribution in [-0.2, 0) is 4.79 Å². The first-order valence-electron chi connectivity index (χ1n) is 7.75. The molecule has 1 amide bonds. The van der Waals surface area contributed by atoms with Crippen molar-refractivity contribution < 1.29 is 4.79 Å². The van der Waals surface area contributed by atoms with E-state index in [0.717, 1.165) is 23.6 Å². The number of rotatable bonds is 5. The molecule has 1 N–H and O–H groups in total. The van der Waals surface area contributed by atoms with E-state index in [1.165, 1.54) is 18.4 Å². The lowest BCUT2D eigenvalue weighted by atomic mass is 10.2. The minimum Gasteiger partial charge on any atom is -0.310 e. The van der Waals surface area contributed by atoms with E-state index in [-0.39, 0.29) is 5.91 Å². The molecule has 1 aliphatic rings. The molecule has 116 valence electrons. The fourth-order valence-electron chi connectivity index (χ4n) is 2.82. The van der Waals surface area contributed by atoms with E-state index in [1.54, 1.807) is 18.0 Å². The highest BCUT2D eigenvalue weighted by atomic mass is 32.2. The maximum atomic E-state index is 12.1. The van der Waals surface area contributed by atoms with E-state index in [0.29, 0.717) is 11.8 Å². The van der Waals surface area contributed by atoms with Crippen LogP contribution in [0.5, 0.6) is 0 Å². The molecule has 0 spiro atoms. The summed E-state index contributed by atoms with van der Waals surface area (Å²) in [5.74, 6) is 1.26. The molecule has 0 bridgehead atoms. The van der Waals surface area contributed by atoms with E-state index in [2.05, 4.69) is 41.6 Å². The standard InChI is InChI=1S/C17H21N3OS/c1-13-6-8-15(9-7-13)22-12-17(21)19-16-10-11-18-20(16)14-4-2-3-5-14/h6-11,14H,2-5,12H2,1H3,(H,19,21). The SMILES string of the molecule is Cc1ccc(SCC(=O)Nc2ccnn2C2CCCC2)cc1. The van der Waals surface area contributed by atoms with Crippen LogP contribution in [0.4, 0.5) is 5.82 Å². The Morgan fingerprint density at radius 3 is 2.73 bits per heavy atom. The monoisotopic (exact) mass is 315 g/mol. The zero-order valence-corrected chi connectivity index (χ0v) is 13.6. The summed E-state index contributed by atoms with van der Waals surface area (Å²) >= 11 is 1.56. The van der Waals surface area contributed by atoms with Gasteiger partial charge in [-0.15, -0.1) is 11.8 Å². The Morgan fingerprint density at radius 2 is 2.00 bits per heavy atom. The van der Waals surface area contributed by atoms with Crippen LogP contribution < -0.4 is 5.32 Å². The number of nitrogens with zero attached hydrogens (tertiary/aromatic N) is 2. The molecule has 1 fully saturated rings. The summed E-state index contributed by atoms with van der Waals surface area (Å²) in [4.78, 5) is 13.3. The predicted molar refractivity (Wildman–Crippen MR) is 90.3 cm³/mol. The van der Waals surface area contributed by atoms with Crippen LogP contribution in [0.1, 0.15) is 37.3 Å². The number of thioether (sulfide) groups is 1. The smallest absolute Gasteiger partial charge is 0.235 e. The van der Waals surface area contributed by atoms with Gasteiger partial charge in [-0.3, -0.25) is 4.79 Å². The fraction of sp³-hybridized carbons (Fsp3) is 0.412. The van der Waals surface area contributed by atoms with Crippen molar-refractivity contribution in [3.05, 3.63) is 42.1 Å². The molecule has 1 aromatic carbocycles. The molecule has 0 atom stereocenters. The zero-order valence-electron chi connectivity index (χ0n) is 12.8. The third kappa shape index (κ3) is 3.71. The summed E-state index contributed by atoms with van der Waals surface area (Å²) in [5, 5.41) is 7.36. The summed E-state index contributed by atoms with van der Waals surface area (Å²) in [6, 6.07) is 10.6. The molecule has 1 aromatic heterocycles. The van der Waals surface area contributed by atoms with Crippen molar-refractivity contribution in [2.75, 3.05) is 11.1 Å². The van der Waals surface area contributed by atoms with Gasteiger partial charge in [-0.25, -0.2) is 4.68 Å². The van der Waals surface area contributed by atoms with Gasteiger partial charge >= 0.3 is 0 Å². The molecule has 0 unspecified atom stereocenters. The quantitative estimate of drug-likeness (QED) is 0.847. The molecule has 4 nitrogen and oxygen atoms in total. The number of anilines is 1. The third-order valence-electron chi connectivity index (χ3n) is 4.00. The minimum atomic E-state index is 0.0188. The van der Waals surface area contributed by atoms with Crippen molar-refractivity contribution in [3.63, 3.8) is 0 Å². The van der Waals surface area contributed by atoms with Crippen LogP contribution >= 0.6 is 11.8 Å². The molecule has 5 heteroatoms. The van der Waals surface area contributed by atoms with Crippen LogP contribution in [-0.4, -0.2) is 21.4 Å². The molecule has 0 aliphatic heterocycles. The maximum absolute atomic E-state index is 12.1. The normalized spacial score (nSPS) is 15.1. The van der Waals surface area contributed by atoms with Crippen molar-refractivity contribution in [1.82, 2.24) is 9.78 Å². The minimum absolute atomic E-state index is 0.0188. The number of carbonyl (C=O) groups excluding carboxylic acids is 1. The van der Waals surface area contributed by atoms with Crippen LogP contribution in [0.25, 0.3) is 0 Å². The highest BCUT2D eigenvalue weighted by Crippen LogP contribution is 2.31. The molecular formula is C17H21N3OS. The van der Waals surface area contributed by atoms with E-state index in [4.69, 9.17) is 0 Å². The largest absolute Gasteiger partial charge is 0.310 e. The summed E-state index contributed by atoms with van der Waals surface area (Å²) in [6.07, 6.45) is 6.58. The van der Waals surface area contributed by atoms with Gasteiger partial charge in [0.2, 0.25) is 5.91 Å². The van der Waals surface area contributed by atoms with Gasteiger partial charge in [0.25, 0.3) is 0 Å². The van der Waals surface area contributed by atoms with Crippen LogP contribution in [0.2, 0.25) is 0 Å². The molecule has 1 aliphatic carbocycles. The van der Waals surface area contributed by atoms with Gasteiger partial charge in [-0.05, 0) is 31.9 Å². The lowest BCUT2D eigenvalue weighted by Crippen LogP contribution is -2.19. The molecule has 3 rings (SSSR count). The second-order valence-corrected chi connectivity index (χ2v) is 6.80. The Balaban J connectivity index is 1.55. The number of aryl methyl sites for hydroxylation is 1. The summed E-state index contributed by atoms with van der Waals surface area (Å²) in [7, 11) is 0. The van der Waals surface area contributed by atoms with Gasteiger partial charge in [0.1, 0.15) is 5.82 Å². The Kier molecular flexibility index (Phi) is 4.83. The number of aromatic nitrogens is 2. The molecule has 1 saturated carbocycles. The van der Waals surface area contributed by atoms with E-state index < -0.39 is 0 Å². The number of hydrogen-bond donors (Lipinski definition) is 1. The molecule has 0 radical (unpaired) electrons. The summed E-state index contributed by atoms with van der Waals surface area (Å²) in [5.41, 5.74) is 1.23. The fourth-order valence-corrected chi connectivity index (χ4v) is 3.51. The lowest BCUT2D eigenvalue weighted by Gasteiger charge is -2.14. The highest BCUT2D eigenvalue weighted by Gasteiger charge is 2.20. The maximum Gasteiger partial charge on any atom is 0.235 e. The number of amides is 1. The average Bonchev–Trinajstić information content (AvgIpc) is 3.17. The van der Waals surface area contributed by atoms with Gasteiger partial charge in [0.15, 0.2) is 0 Å². The van der Waals surface area contributed by atoms with Gasteiger partial charge in [0.05, 0.1) is 18.0 Å². The van der Waals surface area contributed by atoms with Gasteiger partial charge in [0, 0.05) is 11.0 Å². The predicted octanol–water partition coefficient (Wildman–Crippen LogP) is 4.04. The summed E-state index contributed by atoms with van der Waals surface area (Å²) < 4.78 is 1.97. The van der Waals surface area contributed by atoms with E-state index >= 15 is 0 Å². The van der Waals surface area contributed by atoms with Gasteiger partial charge in [-0.2, -0.15) is 5.10 Å². The molecule has 22 heavy (non-hydrogen) atoms. The zero-order chi connectivity index (χ0) is 15.4. The Labute approximate surface area is 135 Å². The molecule has 2 aromatic rings. The third-order valence-corrected chi connectivity index (χ3v) is 5.01. The van der Waals surface area contributed by atoms with Crippen molar-refractivity contribution >= 4 is 23.5 Å². The first-order chi connectivity index (χ1) is 10.7. The lowest BCUT2D eigenvalue weighted by molar-refractivity contribution is -0.113. The first kappa shape index (κ1) is 15.2. The number of benzene rings is 1. The van der Waals surface area contributed by atoms with Crippen LogP contribution in [0, 0.1) is 6.92 Å². The number of nitrogens with one attached hydrogen (secondary N) is 1. The van der Waals surface area contributed by atoms with E-state index in [9.17, 15) is 4.79 Å². The molecule has 1 heterocycles. The number of carbonyl (C=O) groups is 1. The Bertz CT molecular complexity index is 630. The summed E-state index contributed by atoms with van der Waals surface area (Å²) in [6.45, 7) is 2.06.